The van der Waals surface area contributed by atoms with Gasteiger partial charge in [0.15, 0.2) is 5.82 Å². The largest absolute Gasteiger partial charge is 0.488 e. The van der Waals surface area contributed by atoms with E-state index in [1.807, 2.05) is 0 Å². The van der Waals surface area contributed by atoms with Gasteiger partial charge in [0.2, 0.25) is 20.8 Å². The fourth-order valence-corrected chi connectivity index (χ4v) is 5.60. The highest BCUT2D eigenvalue weighted by Gasteiger charge is 2.28. The first-order valence-electron chi connectivity index (χ1n) is 13.0. The third kappa shape index (κ3) is 6.05. The van der Waals surface area contributed by atoms with Crippen LogP contribution in [0, 0.1) is 6.92 Å². The molecule has 0 atom stereocenters. The van der Waals surface area contributed by atoms with Crippen molar-refractivity contribution in [1.29, 1.82) is 0 Å². The lowest BCUT2D eigenvalue weighted by atomic mass is 9.95. The van der Waals surface area contributed by atoms with Gasteiger partial charge in [-0.2, -0.15) is 10.1 Å². The van der Waals surface area contributed by atoms with Crippen LogP contribution < -0.4 is 15.4 Å². The Morgan fingerprint density at radius 2 is 1.92 bits per heavy atom. The van der Waals surface area contributed by atoms with Gasteiger partial charge in [0.1, 0.15) is 10.8 Å². The van der Waals surface area contributed by atoms with E-state index in [1.54, 1.807) is 27.1 Å². The van der Waals surface area contributed by atoms with Crippen LogP contribution in [-0.2, 0) is 16.9 Å². The summed E-state index contributed by atoms with van der Waals surface area (Å²) in [5, 5.41) is 10.1. The molecule has 0 saturated heterocycles. The van der Waals surface area contributed by atoms with Crippen LogP contribution in [0.15, 0.2) is 35.6 Å². The zero-order chi connectivity index (χ0) is 27.9. The first-order chi connectivity index (χ1) is 18.5. The highest BCUT2D eigenvalue weighted by molar-refractivity contribution is 7.92. The molecule has 39 heavy (non-hydrogen) atoms. The highest BCUT2D eigenvalue weighted by atomic mass is 35.5. The van der Waals surface area contributed by atoms with Crippen molar-refractivity contribution in [1.82, 2.24) is 24.6 Å². The van der Waals surface area contributed by atoms with Gasteiger partial charge in [-0.3, -0.25) is 4.68 Å². The molecule has 1 aliphatic carbocycles. The van der Waals surface area contributed by atoms with E-state index in [2.05, 4.69) is 62.8 Å². The van der Waals surface area contributed by atoms with E-state index >= 15 is 0 Å². The fourth-order valence-electron chi connectivity index (χ4n) is 4.36. The van der Waals surface area contributed by atoms with E-state index in [1.165, 1.54) is 22.0 Å². The Balaban J connectivity index is 1.45. The Morgan fingerprint density at radius 3 is 2.59 bits per heavy atom. The van der Waals surface area contributed by atoms with Gasteiger partial charge in [-0.1, -0.05) is 17.7 Å². The van der Waals surface area contributed by atoms with E-state index < -0.39 is 15.1 Å². The van der Waals surface area contributed by atoms with Gasteiger partial charge in [-0.05, 0) is 75.9 Å². The molecule has 3 heterocycles. The van der Waals surface area contributed by atoms with Crippen molar-refractivity contribution < 1.29 is 13.2 Å². The molecule has 1 fully saturated rings. The number of aryl methyl sites for hydroxylation is 2. The first kappa shape index (κ1) is 27.4. The van der Waals surface area contributed by atoms with Crippen molar-refractivity contribution in [2.75, 3.05) is 30.8 Å². The molecule has 1 aliphatic heterocycles. The molecule has 1 saturated carbocycles. The summed E-state index contributed by atoms with van der Waals surface area (Å²) in [6.45, 7) is 7.28. The predicted molar refractivity (Wildman–Crippen MR) is 154 cm³/mol. The lowest BCUT2D eigenvalue weighted by Gasteiger charge is -2.24. The third-order valence-electron chi connectivity index (χ3n) is 6.83. The second-order valence-corrected chi connectivity index (χ2v) is 13.3. The molecule has 2 aliphatic rings. The monoisotopic (exact) mass is 571 g/mol. The number of nitrogens with one attached hydrogen (secondary N) is 2. The predicted octanol–water partition coefficient (Wildman–Crippen LogP) is 5.10. The van der Waals surface area contributed by atoms with Crippen molar-refractivity contribution in [3.05, 3.63) is 46.8 Å². The second-order valence-electron chi connectivity index (χ2n) is 10.5. The van der Waals surface area contributed by atoms with Crippen molar-refractivity contribution in [2.45, 2.75) is 56.4 Å². The molecule has 5 rings (SSSR count). The molecule has 0 spiro atoms. The summed E-state index contributed by atoms with van der Waals surface area (Å²) in [6, 6.07) is 4.17. The van der Waals surface area contributed by atoms with Gasteiger partial charge in [-0.15, -0.1) is 0 Å². The number of likely N-dealkylation sites (N-methyl/N-ethyl adjacent to an activating group) is 1. The van der Waals surface area contributed by atoms with E-state index in [4.69, 9.17) is 16.3 Å². The summed E-state index contributed by atoms with van der Waals surface area (Å²) in [5.74, 6) is 1.31. The summed E-state index contributed by atoms with van der Waals surface area (Å²) < 4.78 is 33.4. The maximum absolute atomic E-state index is 12.9. The molecule has 0 amide bonds. The van der Waals surface area contributed by atoms with Crippen LogP contribution in [0.25, 0.3) is 5.57 Å². The minimum Gasteiger partial charge on any atom is -0.488 e. The lowest BCUT2D eigenvalue weighted by molar-refractivity contribution is 0.304. The van der Waals surface area contributed by atoms with Gasteiger partial charge in [0.05, 0.1) is 28.9 Å². The summed E-state index contributed by atoms with van der Waals surface area (Å²) in [6.07, 6.45) is 8.61. The zero-order valence-corrected chi connectivity index (χ0v) is 24.4. The van der Waals surface area contributed by atoms with E-state index in [-0.39, 0.29) is 22.0 Å². The van der Waals surface area contributed by atoms with Crippen molar-refractivity contribution in [2.24, 2.45) is 7.05 Å². The minimum absolute atomic E-state index is 0.0567. The highest BCUT2D eigenvalue weighted by Crippen LogP contribution is 2.39. The number of aromatic nitrogens is 4. The average molecular weight is 572 g/mol. The molecule has 12 heteroatoms. The van der Waals surface area contributed by atoms with E-state index in [9.17, 15) is 8.42 Å². The summed E-state index contributed by atoms with van der Waals surface area (Å²) in [5.41, 5.74) is 4.70. The Hall–Kier alpha value is -3.15. The van der Waals surface area contributed by atoms with Crippen LogP contribution in [0.2, 0.25) is 5.02 Å². The van der Waals surface area contributed by atoms with E-state index in [0.29, 0.717) is 11.6 Å². The van der Waals surface area contributed by atoms with Gasteiger partial charge < -0.3 is 20.3 Å². The first-order valence-corrected chi connectivity index (χ1v) is 15.0. The molecular weight excluding hydrogens is 538 g/mol. The Labute approximate surface area is 234 Å². The third-order valence-corrected chi connectivity index (χ3v) is 9.19. The zero-order valence-electron chi connectivity index (χ0n) is 22.8. The Morgan fingerprint density at radius 1 is 1.15 bits per heavy atom. The standard InChI is InChI=1S/C27H34ClN7O3S/c1-16(2)39(36,37)26-23(15-35(5)33-26)30-25-21(28)14-29-27(32-25)31-22-12-17(3)20(13-24(22)38-19-6-7-19)18-8-10-34(4)11-9-18/h8,12-16,19H,6-7,9-11H2,1-5H3,(H2,29,30,31,32). The van der Waals surface area contributed by atoms with Crippen molar-refractivity contribution in [3.63, 3.8) is 0 Å². The number of sulfone groups is 1. The summed E-state index contributed by atoms with van der Waals surface area (Å²) in [7, 11) is 0.157. The maximum atomic E-state index is 12.9. The molecule has 2 N–H and O–H groups in total. The normalized spacial score (nSPS) is 16.3. The quantitative estimate of drug-likeness (QED) is 0.362. The second kappa shape index (κ2) is 10.8. The van der Waals surface area contributed by atoms with Crippen molar-refractivity contribution in [3.8, 4) is 5.75 Å². The Kier molecular flexibility index (Phi) is 7.58. The molecule has 2 aromatic heterocycles. The van der Waals surface area contributed by atoms with E-state index in [0.717, 1.165) is 49.4 Å². The molecular formula is C27H34ClN7O3S. The molecule has 208 valence electrons. The summed E-state index contributed by atoms with van der Waals surface area (Å²) >= 11 is 6.41. The molecule has 3 aromatic rings. The van der Waals surface area contributed by atoms with Gasteiger partial charge in [-0.25, -0.2) is 13.4 Å². The van der Waals surface area contributed by atoms with Crippen LogP contribution >= 0.6 is 11.6 Å². The summed E-state index contributed by atoms with van der Waals surface area (Å²) in [4.78, 5) is 11.2. The van der Waals surface area contributed by atoms with Crippen LogP contribution in [0.1, 0.15) is 44.2 Å². The van der Waals surface area contributed by atoms with Crippen molar-refractivity contribution >= 4 is 50.2 Å². The number of ether oxygens (including phenoxy) is 1. The SMILES string of the molecule is Cc1cc(Nc2ncc(Cl)c(Nc3cn(C)nc3S(=O)(=O)C(C)C)n2)c(OC2CC2)cc1C1=CCN(C)CC1. The maximum Gasteiger partial charge on any atom is 0.229 e. The van der Waals surface area contributed by atoms with Gasteiger partial charge in [0, 0.05) is 26.3 Å². The fraction of sp³-hybridized carbons (Fsp3) is 0.444. The minimum atomic E-state index is -3.63. The van der Waals surface area contributed by atoms with Crippen LogP contribution in [0.3, 0.4) is 0 Å². The topological polar surface area (TPSA) is 114 Å². The van der Waals surface area contributed by atoms with Crippen LogP contribution in [-0.4, -0.2) is 64.6 Å². The molecule has 10 nitrogen and oxygen atoms in total. The number of rotatable bonds is 9. The molecule has 0 radical (unpaired) electrons. The average Bonchev–Trinajstić information content (AvgIpc) is 3.62. The van der Waals surface area contributed by atoms with Crippen LogP contribution in [0.4, 0.5) is 23.1 Å². The number of benzene rings is 1. The number of halogens is 1. The number of nitrogens with zero attached hydrogens (tertiary/aromatic N) is 5. The van der Waals surface area contributed by atoms with Gasteiger partial charge in [0.25, 0.3) is 0 Å². The number of hydrogen-bond donors (Lipinski definition) is 2. The van der Waals surface area contributed by atoms with Crippen LogP contribution in [0.5, 0.6) is 5.75 Å². The smallest absolute Gasteiger partial charge is 0.229 e. The number of anilines is 4. The number of hydrogen-bond acceptors (Lipinski definition) is 9. The molecule has 0 unspecified atom stereocenters. The van der Waals surface area contributed by atoms with Gasteiger partial charge >= 0.3 is 0 Å². The Bertz CT molecular complexity index is 1530. The molecule has 1 aromatic carbocycles. The molecule has 0 bridgehead atoms. The lowest BCUT2D eigenvalue weighted by Crippen LogP contribution is -2.23.